The number of carbonyl (C=O) groups excluding carboxylic acids is 2. The van der Waals surface area contributed by atoms with Crippen molar-refractivity contribution in [1.29, 1.82) is 0 Å². The lowest BCUT2D eigenvalue weighted by Gasteiger charge is -2.37. The van der Waals surface area contributed by atoms with E-state index in [-0.39, 0.29) is 11.8 Å². The average molecular weight is 351 g/mol. The molecule has 1 aliphatic carbocycles. The van der Waals surface area contributed by atoms with Crippen molar-refractivity contribution in [3.05, 3.63) is 11.6 Å². The van der Waals surface area contributed by atoms with Gasteiger partial charge in [0, 0.05) is 20.4 Å². The summed E-state index contributed by atoms with van der Waals surface area (Å²) in [5.41, 5.74) is 1.48. The third kappa shape index (κ3) is 5.56. The van der Waals surface area contributed by atoms with Gasteiger partial charge in [-0.25, -0.2) is 0 Å². The van der Waals surface area contributed by atoms with E-state index in [0.717, 1.165) is 52.2 Å². The summed E-state index contributed by atoms with van der Waals surface area (Å²) in [5, 5.41) is 0. The Morgan fingerprint density at radius 3 is 2.40 bits per heavy atom. The Bertz CT molecular complexity index is 509. The molecule has 5 nitrogen and oxygen atoms in total. The predicted octanol–water partition coefficient (Wildman–Crippen LogP) is 0.820. The molecule has 1 fully saturated rings. The maximum atomic E-state index is 12.2. The van der Waals surface area contributed by atoms with E-state index in [1.165, 1.54) is 10.5 Å². The van der Waals surface area contributed by atoms with Crippen LogP contribution in [0.25, 0.3) is 0 Å². The fourth-order valence-electron chi connectivity index (χ4n) is 4.48. The van der Waals surface area contributed by atoms with E-state index >= 15 is 0 Å². The molecule has 0 aromatic carbocycles. The minimum atomic E-state index is 0.174. The normalized spacial score (nSPS) is 27.8. The van der Waals surface area contributed by atoms with E-state index < -0.39 is 0 Å². The number of piperazine rings is 1. The van der Waals surface area contributed by atoms with Crippen molar-refractivity contribution < 1.29 is 14.5 Å². The third-order valence-corrected chi connectivity index (χ3v) is 6.13. The first kappa shape index (κ1) is 20.0. The summed E-state index contributed by atoms with van der Waals surface area (Å²) in [6, 6.07) is 0. The van der Waals surface area contributed by atoms with Gasteiger partial charge in [-0.1, -0.05) is 25.5 Å². The summed E-state index contributed by atoms with van der Waals surface area (Å²) in [6.45, 7) is 16.5. The Balaban J connectivity index is 1.85. The first-order valence-corrected chi connectivity index (χ1v) is 9.79. The van der Waals surface area contributed by atoms with Crippen LogP contribution in [-0.4, -0.2) is 67.4 Å². The van der Waals surface area contributed by atoms with Gasteiger partial charge in [0.25, 0.3) is 0 Å². The lowest BCUT2D eigenvalue weighted by molar-refractivity contribution is -0.903. The molecule has 1 N–H and O–H groups in total. The van der Waals surface area contributed by atoms with Gasteiger partial charge in [0.05, 0.1) is 39.3 Å². The van der Waals surface area contributed by atoms with E-state index in [0.29, 0.717) is 17.8 Å². The highest BCUT2D eigenvalue weighted by Gasteiger charge is 2.30. The fraction of sp³-hybridized carbons (Fsp3) is 0.800. The maximum Gasteiger partial charge on any atom is 0.219 e. The van der Waals surface area contributed by atoms with Gasteiger partial charge in [-0.2, -0.15) is 0 Å². The molecule has 0 bridgehead atoms. The quantitative estimate of drug-likeness (QED) is 0.746. The zero-order chi connectivity index (χ0) is 18.6. The predicted molar refractivity (Wildman–Crippen MR) is 100 cm³/mol. The fourth-order valence-corrected chi connectivity index (χ4v) is 4.48. The van der Waals surface area contributed by atoms with Crippen molar-refractivity contribution in [2.75, 3.05) is 45.8 Å². The molecule has 0 radical (unpaired) electrons. The summed E-state index contributed by atoms with van der Waals surface area (Å²) >= 11 is 0. The molecule has 0 unspecified atom stereocenters. The van der Waals surface area contributed by atoms with Gasteiger partial charge >= 0.3 is 0 Å². The second-order valence-corrected chi connectivity index (χ2v) is 8.19. The lowest BCUT2D eigenvalue weighted by Crippen LogP contribution is -3.15. The number of hydrogen-bond acceptors (Lipinski definition) is 2. The van der Waals surface area contributed by atoms with Gasteiger partial charge in [0.1, 0.15) is 0 Å². The molecule has 0 aromatic heterocycles. The Hall–Kier alpha value is -1.36. The van der Waals surface area contributed by atoms with Crippen molar-refractivity contribution in [2.24, 2.45) is 17.8 Å². The van der Waals surface area contributed by atoms with Crippen LogP contribution >= 0.6 is 0 Å². The van der Waals surface area contributed by atoms with Crippen molar-refractivity contribution in [2.45, 2.75) is 41.0 Å². The number of allylic oxidation sites excluding steroid dienone is 2. The van der Waals surface area contributed by atoms with E-state index in [1.54, 1.807) is 13.8 Å². The van der Waals surface area contributed by atoms with Gasteiger partial charge in [-0.3, -0.25) is 9.59 Å². The second kappa shape index (κ2) is 8.84. The molecular formula is C20H36N3O2+. The zero-order valence-electron chi connectivity index (χ0n) is 16.7. The summed E-state index contributed by atoms with van der Waals surface area (Å²) in [5.74, 6) is 2.09. The van der Waals surface area contributed by atoms with Gasteiger partial charge in [0.2, 0.25) is 11.8 Å². The monoisotopic (exact) mass is 350 g/mol. The molecule has 2 amide bonds. The molecule has 3 atom stereocenters. The van der Waals surface area contributed by atoms with E-state index in [9.17, 15) is 9.59 Å². The SMILES string of the molecule is CC(=O)N1CC[NH+](CCN(C[C@H]2[C@@H](C)C=C(C)C[C@@H]2C)C(C)=O)CC1. The molecule has 0 aromatic rings. The number of nitrogens with zero attached hydrogens (tertiary/aromatic N) is 2. The molecule has 2 rings (SSSR count). The molecule has 0 saturated carbocycles. The molecule has 1 aliphatic heterocycles. The van der Waals surface area contributed by atoms with E-state index in [2.05, 4.69) is 31.7 Å². The van der Waals surface area contributed by atoms with Gasteiger partial charge in [-0.05, 0) is 31.1 Å². The number of carbonyl (C=O) groups is 2. The Labute approximate surface area is 153 Å². The van der Waals surface area contributed by atoms with Crippen LogP contribution in [-0.2, 0) is 9.59 Å². The van der Waals surface area contributed by atoms with Crippen LogP contribution in [0.4, 0.5) is 0 Å². The first-order valence-electron chi connectivity index (χ1n) is 9.79. The lowest BCUT2D eigenvalue weighted by atomic mass is 9.75. The van der Waals surface area contributed by atoms with Crippen LogP contribution in [0.5, 0.6) is 0 Å². The summed E-state index contributed by atoms with van der Waals surface area (Å²) in [7, 11) is 0. The minimum Gasteiger partial charge on any atom is -0.337 e. The molecule has 1 heterocycles. The number of amides is 2. The molecule has 25 heavy (non-hydrogen) atoms. The van der Waals surface area contributed by atoms with E-state index in [4.69, 9.17) is 0 Å². The van der Waals surface area contributed by atoms with Crippen LogP contribution in [0.15, 0.2) is 11.6 Å². The molecule has 1 saturated heterocycles. The molecule has 2 aliphatic rings. The summed E-state index contributed by atoms with van der Waals surface area (Å²) < 4.78 is 0. The van der Waals surface area contributed by atoms with Crippen molar-refractivity contribution in [3.8, 4) is 0 Å². The number of rotatable bonds is 5. The Morgan fingerprint density at radius 2 is 1.88 bits per heavy atom. The number of hydrogen-bond donors (Lipinski definition) is 1. The molecule has 142 valence electrons. The van der Waals surface area contributed by atoms with Crippen molar-refractivity contribution >= 4 is 11.8 Å². The second-order valence-electron chi connectivity index (χ2n) is 8.19. The standard InChI is InChI=1S/C20H35N3O2/c1-15-12-16(2)20(17(3)13-15)14-23(19(5)25)11-8-21-6-9-22(10-7-21)18(4)24/h12,16-17,20H,6-11,13-14H2,1-5H3/p+1/t16-,17-,20-/m0/s1. The third-order valence-electron chi connectivity index (χ3n) is 6.13. The maximum absolute atomic E-state index is 12.2. The first-order chi connectivity index (χ1) is 11.8. The summed E-state index contributed by atoms with van der Waals surface area (Å²) in [6.07, 6.45) is 3.54. The van der Waals surface area contributed by atoms with Crippen LogP contribution in [0, 0.1) is 17.8 Å². The van der Waals surface area contributed by atoms with Gasteiger partial charge < -0.3 is 14.7 Å². The Kier molecular flexibility index (Phi) is 7.05. The Morgan fingerprint density at radius 1 is 1.24 bits per heavy atom. The van der Waals surface area contributed by atoms with Crippen LogP contribution in [0.2, 0.25) is 0 Å². The smallest absolute Gasteiger partial charge is 0.219 e. The minimum absolute atomic E-state index is 0.174. The van der Waals surface area contributed by atoms with Crippen molar-refractivity contribution in [1.82, 2.24) is 9.80 Å². The average Bonchev–Trinajstić information content (AvgIpc) is 2.53. The van der Waals surface area contributed by atoms with Gasteiger partial charge in [0.15, 0.2) is 0 Å². The zero-order valence-corrected chi connectivity index (χ0v) is 16.7. The topological polar surface area (TPSA) is 45.1 Å². The molecule has 5 heteroatoms. The van der Waals surface area contributed by atoms with Crippen LogP contribution < -0.4 is 4.90 Å². The van der Waals surface area contributed by atoms with Gasteiger partial charge in [-0.15, -0.1) is 0 Å². The van der Waals surface area contributed by atoms with Crippen molar-refractivity contribution in [3.63, 3.8) is 0 Å². The molecular weight excluding hydrogens is 314 g/mol. The van der Waals surface area contributed by atoms with Crippen LogP contribution in [0.3, 0.4) is 0 Å². The van der Waals surface area contributed by atoms with E-state index in [1.807, 2.05) is 4.90 Å². The highest BCUT2D eigenvalue weighted by molar-refractivity contribution is 5.73. The molecule has 0 spiro atoms. The summed E-state index contributed by atoms with van der Waals surface area (Å²) in [4.78, 5) is 29.1. The van der Waals surface area contributed by atoms with Crippen LogP contribution in [0.1, 0.15) is 41.0 Å². The highest BCUT2D eigenvalue weighted by atomic mass is 16.2. The highest BCUT2D eigenvalue weighted by Crippen LogP contribution is 2.33. The number of quaternary nitrogens is 1. The number of nitrogens with one attached hydrogen (secondary N) is 1. The largest absolute Gasteiger partial charge is 0.337 e.